The second kappa shape index (κ2) is 13.6. The molecule has 228 valence electrons. The molecular weight excluding hydrogens is 597 g/mol. The van der Waals surface area contributed by atoms with Crippen molar-refractivity contribution >= 4 is 46.2 Å². The number of hydrogen-bond donors (Lipinski definition) is 1. The number of ether oxygens (including phenoxy) is 1. The molecule has 1 unspecified atom stereocenters. The summed E-state index contributed by atoms with van der Waals surface area (Å²) in [6.07, 6.45) is 6.31. The summed E-state index contributed by atoms with van der Waals surface area (Å²) in [4.78, 5) is 58.9. The van der Waals surface area contributed by atoms with Crippen LogP contribution in [0.25, 0.3) is 0 Å². The van der Waals surface area contributed by atoms with Gasteiger partial charge in [-0.2, -0.15) is 4.39 Å². The summed E-state index contributed by atoms with van der Waals surface area (Å²) in [6.45, 7) is 0.559. The van der Waals surface area contributed by atoms with E-state index >= 15 is 0 Å². The standard InChI is InChI=1S/C32H28FN7O4S/c33-27-18-35-17-25(36-27)19-40-30(42)28(45-31(40)38-24-8-4-14-34-16-24)22-10-12-23(13-11-22)37-29(41)26-9-5-15-39(26)32(43)44-20-21-6-2-1-3-7-21/h1-4,6-8,10-14,16-18,26,28H,5,9,15,19-20H2,(H,37,41)/b38-31-/t26-,28?/m0/s1. The molecule has 0 radical (unpaired) electrons. The van der Waals surface area contributed by atoms with Crippen LogP contribution in [0.1, 0.15) is 34.9 Å². The van der Waals surface area contributed by atoms with Crippen LogP contribution < -0.4 is 5.32 Å². The molecule has 2 atom stereocenters. The predicted molar refractivity (Wildman–Crippen MR) is 166 cm³/mol. The summed E-state index contributed by atoms with van der Waals surface area (Å²) in [5, 5.41) is 2.68. The largest absolute Gasteiger partial charge is 0.445 e. The number of hydrogen-bond acceptors (Lipinski definition) is 9. The predicted octanol–water partition coefficient (Wildman–Crippen LogP) is 5.25. The number of carbonyl (C=O) groups excluding carboxylic acids is 3. The van der Waals surface area contributed by atoms with Gasteiger partial charge in [0, 0.05) is 18.4 Å². The van der Waals surface area contributed by atoms with Crippen molar-refractivity contribution in [3.8, 4) is 0 Å². The molecule has 0 saturated carbocycles. The number of amidine groups is 1. The molecular formula is C32H28FN7O4S. The van der Waals surface area contributed by atoms with Crippen molar-refractivity contribution in [1.29, 1.82) is 0 Å². The second-order valence-electron chi connectivity index (χ2n) is 10.4. The molecule has 6 rings (SSSR count). The van der Waals surface area contributed by atoms with E-state index in [0.717, 1.165) is 11.8 Å². The van der Waals surface area contributed by atoms with Crippen LogP contribution in [0.5, 0.6) is 0 Å². The molecule has 13 heteroatoms. The van der Waals surface area contributed by atoms with Crippen molar-refractivity contribution in [2.75, 3.05) is 11.9 Å². The van der Waals surface area contributed by atoms with Crippen LogP contribution in [0.2, 0.25) is 0 Å². The highest BCUT2D eigenvalue weighted by Gasteiger charge is 2.40. The maximum atomic E-state index is 13.7. The van der Waals surface area contributed by atoms with E-state index in [4.69, 9.17) is 4.74 Å². The fourth-order valence-electron chi connectivity index (χ4n) is 5.07. The van der Waals surface area contributed by atoms with Gasteiger partial charge in [-0.3, -0.25) is 29.4 Å². The number of aromatic nitrogens is 3. The Labute approximate surface area is 262 Å². The van der Waals surface area contributed by atoms with Gasteiger partial charge in [-0.25, -0.2) is 14.8 Å². The molecule has 2 aliphatic rings. The lowest BCUT2D eigenvalue weighted by Gasteiger charge is -2.23. The number of anilines is 1. The van der Waals surface area contributed by atoms with Gasteiger partial charge in [0.15, 0.2) is 5.17 Å². The van der Waals surface area contributed by atoms with E-state index in [1.807, 2.05) is 30.3 Å². The maximum absolute atomic E-state index is 13.7. The van der Waals surface area contributed by atoms with Crippen LogP contribution in [-0.4, -0.2) is 60.4 Å². The van der Waals surface area contributed by atoms with E-state index in [1.54, 1.807) is 48.8 Å². The zero-order chi connectivity index (χ0) is 31.2. The lowest BCUT2D eigenvalue weighted by molar-refractivity contribution is -0.126. The third kappa shape index (κ3) is 7.15. The van der Waals surface area contributed by atoms with Crippen molar-refractivity contribution in [1.82, 2.24) is 24.8 Å². The van der Waals surface area contributed by atoms with E-state index in [9.17, 15) is 18.8 Å². The Morgan fingerprint density at radius 3 is 2.60 bits per heavy atom. The topological polar surface area (TPSA) is 130 Å². The summed E-state index contributed by atoms with van der Waals surface area (Å²) in [5.74, 6) is -1.30. The molecule has 45 heavy (non-hydrogen) atoms. The minimum atomic E-state index is -0.739. The van der Waals surface area contributed by atoms with Crippen LogP contribution in [0, 0.1) is 5.95 Å². The fraction of sp³-hybridized carbons (Fsp3) is 0.219. The maximum Gasteiger partial charge on any atom is 0.410 e. The normalized spacial score (nSPS) is 18.8. The first-order valence-corrected chi connectivity index (χ1v) is 15.1. The Hall–Kier alpha value is -5.17. The first kappa shape index (κ1) is 29.9. The summed E-state index contributed by atoms with van der Waals surface area (Å²) >= 11 is 1.26. The van der Waals surface area contributed by atoms with Crippen LogP contribution in [0.3, 0.4) is 0 Å². The Morgan fingerprint density at radius 2 is 1.84 bits per heavy atom. The smallest absolute Gasteiger partial charge is 0.410 e. The first-order chi connectivity index (χ1) is 21.9. The number of nitrogens with zero attached hydrogens (tertiary/aromatic N) is 6. The third-order valence-electron chi connectivity index (χ3n) is 7.27. The van der Waals surface area contributed by atoms with E-state index in [-0.39, 0.29) is 30.7 Å². The number of likely N-dealkylation sites (tertiary alicyclic amines) is 1. The molecule has 2 aliphatic heterocycles. The first-order valence-electron chi connectivity index (χ1n) is 14.3. The Bertz CT molecular complexity index is 1710. The number of amides is 3. The number of rotatable bonds is 8. The number of carbonyl (C=O) groups is 3. The monoisotopic (exact) mass is 625 g/mol. The summed E-state index contributed by atoms with van der Waals surface area (Å²) in [6, 6.07) is 19.2. The molecule has 1 N–H and O–H groups in total. The highest BCUT2D eigenvalue weighted by Crippen LogP contribution is 2.41. The number of aliphatic imine (C=N–C) groups is 1. The van der Waals surface area contributed by atoms with Gasteiger partial charge < -0.3 is 10.1 Å². The van der Waals surface area contributed by atoms with Gasteiger partial charge >= 0.3 is 6.09 Å². The summed E-state index contributed by atoms with van der Waals surface area (Å²) in [7, 11) is 0. The van der Waals surface area contributed by atoms with E-state index in [0.29, 0.717) is 41.5 Å². The lowest BCUT2D eigenvalue weighted by atomic mass is 10.1. The minimum Gasteiger partial charge on any atom is -0.445 e. The quantitative estimate of drug-likeness (QED) is 0.281. The molecule has 2 aromatic heterocycles. The molecule has 0 spiro atoms. The van der Waals surface area contributed by atoms with Gasteiger partial charge in [-0.15, -0.1) is 0 Å². The molecule has 3 amide bonds. The zero-order valence-electron chi connectivity index (χ0n) is 24.0. The Kier molecular flexibility index (Phi) is 9.06. The minimum absolute atomic E-state index is 0.00794. The number of pyridine rings is 1. The van der Waals surface area contributed by atoms with Gasteiger partial charge in [0.05, 0.1) is 36.5 Å². The molecule has 11 nitrogen and oxygen atoms in total. The van der Waals surface area contributed by atoms with E-state index in [2.05, 4.69) is 25.3 Å². The van der Waals surface area contributed by atoms with Crippen molar-refractivity contribution in [2.45, 2.75) is 37.3 Å². The zero-order valence-corrected chi connectivity index (χ0v) is 24.8. The van der Waals surface area contributed by atoms with Crippen molar-refractivity contribution in [2.24, 2.45) is 4.99 Å². The van der Waals surface area contributed by atoms with Gasteiger partial charge in [0.2, 0.25) is 17.8 Å². The van der Waals surface area contributed by atoms with Crippen LogP contribution in [0.4, 0.5) is 20.6 Å². The Balaban J connectivity index is 1.13. The fourth-order valence-corrected chi connectivity index (χ4v) is 6.25. The number of nitrogens with one attached hydrogen (secondary N) is 1. The molecule has 0 aliphatic carbocycles. The molecule has 0 bridgehead atoms. The van der Waals surface area contributed by atoms with Crippen molar-refractivity contribution in [3.63, 3.8) is 0 Å². The third-order valence-corrected chi connectivity index (χ3v) is 8.50. The summed E-state index contributed by atoms with van der Waals surface area (Å²) in [5.41, 5.74) is 2.94. The molecule has 2 fully saturated rings. The van der Waals surface area contributed by atoms with Crippen LogP contribution in [0.15, 0.2) is 96.5 Å². The van der Waals surface area contributed by atoms with Gasteiger partial charge in [0.25, 0.3) is 0 Å². The van der Waals surface area contributed by atoms with Crippen LogP contribution in [-0.2, 0) is 27.5 Å². The van der Waals surface area contributed by atoms with Gasteiger partial charge in [0.1, 0.15) is 17.9 Å². The van der Waals surface area contributed by atoms with Crippen LogP contribution >= 0.6 is 11.8 Å². The average molecular weight is 626 g/mol. The van der Waals surface area contributed by atoms with Crippen molar-refractivity contribution in [3.05, 3.63) is 114 Å². The molecule has 2 aromatic carbocycles. The molecule has 4 heterocycles. The second-order valence-corrected chi connectivity index (χ2v) is 11.4. The van der Waals surface area contributed by atoms with Gasteiger partial charge in [-0.1, -0.05) is 54.2 Å². The van der Waals surface area contributed by atoms with E-state index in [1.165, 1.54) is 27.8 Å². The number of thioether (sulfide) groups is 1. The highest BCUT2D eigenvalue weighted by atomic mass is 32.2. The lowest BCUT2D eigenvalue weighted by Crippen LogP contribution is -2.43. The number of benzene rings is 2. The van der Waals surface area contributed by atoms with E-state index < -0.39 is 23.3 Å². The Morgan fingerprint density at radius 1 is 1.02 bits per heavy atom. The summed E-state index contributed by atoms with van der Waals surface area (Å²) < 4.78 is 19.2. The van der Waals surface area contributed by atoms with Crippen molar-refractivity contribution < 1.29 is 23.5 Å². The average Bonchev–Trinajstić information content (AvgIpc) is 3.67. The number of halogens is 1. The molecule has 4 aromatic rings. The SMILES string of the molecule is O=C(Nc1ccc(C2S/C(=N\c3cccnc3)N(Cc3cncc(F)n3)C2=O)cc1)[C@@H]1CCCN1C(=O)OCc1ccccc1. The van der Waals surface area contributed by atoms with Gasteiger partial charge in [-0.05, 0) is 48.2 Å². The highest BCUT2D eigenvalue weighted by molar-refractivity contribution is 8.15. The molecule has 2 saturated heterocycles.